The lowest BCUT2D eigenvalue weighted by atomic mass is 10.0. The van der Waals surface area contributed by atoms with Crippen molar-refractivity contribution in [3.05, 3.63) is 64.4 Å². The van der Waals surface area contributed by atoms with Gasteiger partial charge in [0.25, 0.3) is 5.56 Å². The molecule has 0 fully saturated rings. The number of methoxy groups -OCH3 is 1. The van der Waals surface area contributed by atoms with Crippen LogP contribution in [0.1, 0.15) is 25.3 Å². The third kappa shape index (κ3) is 3.99. The van der Waals surface area contributed by atoms with Crippen LogP contribution in [-0.4, -0.2) is 50.6 Å². The molecule has 0 aliphatic carbocycles. The van der Waals surface area contributed by atoms with E-state index < -0.39 is 0 Å². The number of rotatable bonds is 7. The van der Waals surface area contributed by atoms with Gasteiger partial charge in [-0.2, -0.15) is 0 Å². The van der Waals surface area contributed by atoms with Crippen LogP contribution in [0.25, 0.3) is 16.7 Å². The van der Waals surface area contributed by atoms with Crippen LogP contribution in [0.5, 0.6) is 0 Å². The maximum atomic E-state index is 13.5. The zero-order chi connectivity index (χ0) is 23.7. The number of aromatic nitrogens is 4. The average molecular weight is 478 g/mol. The maximum Gasteiger partial charge on any atom is 0.262 e. The number of aryl methyl sites for hydroxylation is 2. The van der Waals surface area contributed by atoms with E-state index >= 15 is 0 Å². The zero-order valence-corrected chi connectivity index (χ0v) is 20.1. The highest BCUT2D eigenvalue weighted by Gasteiger charge is 2.28. The fraction of sp³-hybridized carbons (Fsp3) is 0.360. The lowest BCUT2D eigenvalue weighted by Gasteiger charge is -2.31. The second-order valence-corrected chi connectivity index (χ2v) is 9.73. The molecule has 2 aromatic heterocycles. The Hall–Kier alpha value is -3.17. The highest BCUT2D eigenvalue weighted by atomic mass is 32.2. The van der Waals surface area contributed by atoms with Crippen molar-refractivity contribution in [2.75, 3.05) is 25.2 Å². The van der Waals surface area contributed by atoms with Crippen LogP contribution in [0, 0.1) is 0 Å². The number of hydrogen-bond acceptors (Lipinski definition) is 6. The van der Waals surface area contributed by atoms with Gasteiger partial charge >= 0.3 is 0 Å². The van der Waals surface area contributed by atoms with E-state index in [2.05, 4.69) is 16.3 Å². The number of anilines is 1. The number of fused-ring (bicyclic) bond motifs is 4. The van der Waals surface area contributed by atoms with E-state index in [9.17, 15) is 9.59 Å². The van der Waals surface area contributed by atoms with E-state index in [1.807, 2.05) is 58.7 Å². The summed E-state index contributed by atoms with van der Waals surface area (Å²) in [5.74, 6) is 0.525. The molecule has 3 heterocycles. The molecule has 34 heavy (non-hydrogen) atoms. The van der Waals surface area contributed by atoms with Gasteiger partial charge in [0.05, 0.1) is 16.2 Å². The smallest absolute Gasteiger partial charge is 0.262 e. The van der Waals surface area contributed by atoms with Crippen LogP contribution >= 0.6 is 11.8 Å². The lowest BCUT2D eigenvalue weighted by molar-refractivity contribution is -0.117. The largest absolute Gasteiger partial charge is 0.385 e. The predicted octanol–water partition coefficient (Wildman–Crippen LogP) is 3.54. The molecule has 0 radical (unpaired) electrons. The van der Waals surface area contributed by atoms with Crippen molar-refractivity contribution in [2.24, 2.45) is 0 Å². The molecule has 5 rings (SSSR count). The summed E-state index contributed by atoms with van der Waals surface area (Å²) in [7, 11) is 1.64. The zero-order valence-electron chi connectivity index (χ0n) is 19.3. The molecule has 1 unspecified atom stereocenters. The van der Waals surface area contributed by atoms with Crippen LogP contribution in [0.4, 0.5) is 5.69 Å². The fourth-order valence-electron chi connectivity index (χ4n) is 4.57. The minimum absolute atomic E-state index is 0.0478. The Labute approximate surface area is 201 Å². The van der Waals surface area contributed by atoms with Crippen molar-refractivity contribution in [1.82, 2.24) is 19.2 Å². The van der Waals surface area contributed by atoms with Gasteiger partial charge in [-0.25, -0.2) is 0 Å². The first-order valence-electron chi connectivity index (χ1n) is 11.5. The number of carbonyl (C=O) groups excluding carboxylic acids is 1. The van der Waals surface area contributed by atoms with E-state index in [4.69, 9.17) is 4.74 Å². The molecular weight excluding hydrogens is 450 g/mol. The van der Waals surface area contributed by atoms with Crippen molar-refractivity contribution in [3.63, 3.8) is 0 Å². The first kappa shape index (κ1) is 22.6. The average Bonchev–Trinajstić information content (AvgIpc) is 3.28. The van der Waals surface area contributed by atoms with Crippen molar-refractivity contribution in [3.8, 4) is 0 Å². The molecule has 1 amide bonds. The SMILES string of the molecule is COCCCn1c(=O)c2ccccc2n2c(SC(C)C(=O)N3CCCc4ccccc43)nnc12. The number of ether oxygens (including phenoxy) is 1. The Morgan fingerprint density at radius 1 is 1.15 bits per heavy atom. The molecule has 8 nitrogen and oxygen atoms in total. The molecule has 0 N–H and O–H groups in total. The summed E-state index contributed by atoms with van der Waals surface area (Å²) in [4.78, 5) is 28.5. The number of carbonyl (C=O) groups is 1. The van der Waals surface area contributed by atoms with Crippen LogP contribution < -0.4 is 10.5 Å². The molecule has 2 aromatic carbocycles. The van der Waals surface area contributed by atoms with E-state index in [1.165, 1.54) is 17.3 Å². The van der Waals surface area contributed by atoms with Gasteiger partial charge in [-0.05, 0) is 49.9 Å². The molecule has 1 aliphatic rings. The van der Waals surface area contributed by atoms with Gasteiger partial charge in [-0.15, -0.1) is 10.2 Å². The highest BCUT2D eigenvalue weighted by Crippen LogP contribution is 2.31. The van der Waals surface area contributed by atoms with Crippen molar-refractivity contribution >= 4 is 40.0 Å². The van der Waals surface area contributed by atoms with Crippen LogP contribution in [0.15, 0.2) is 58.5 Å². The number of benzene rings is 2. The molecule has 0 bridgehead atoms. The fourth-order valence-corrected chi connectivity index (χ4v) is 5.49. The molecule has 9 heteroatoms. The van der Waals surface area contributed by atoms with Crippen LogP contribution in [0.2, 0.25) is 0 Å². The van der Waals surface area contributed by atoms with Crippen molar-refractivity contribution in [2.45, 2.75) is 43.1 Å². The van der Waals surface area contributed by atoms with E-state index in [0.717, 1.165) is 24.0 Å². The summed E-state index contributed by atoms with van der Waals surface area (Å²) < 4.78 is 8.70. The quantitative estimate of drug-likeness (QED) is 0.299. The third-order valence-electron chi connectivity index (χ3n) is 6.21. The summed E-state index contributed by atoms with van der Waals surface area (Å²) in [6, 6.07) is 15.6. The Balaban J connectivity index is 1.51. The minimum atomic E-state index is -0.369. The summed E-state index contributed by atoms with van der Waals surface area (Å²) in [6.07, 6.45) is 2.62. The highest BCUT2D eigenvalue weighted by molar-refractivity contribution is 8.00. The molecule has 1 atom stereocenters. The summed E-state index contributed by atoms with van der Waals surface area (Å²) in [5, 5.41) is 9.58. The molecule has 0 saturated heterocycles. The second-order valence-electron chi connectivity index (χ2n) is 8.42. The molecule has 4 aromatic rings. The van der Waals surface area contributed by atoms with Gasteiger partial charge in [0.2, 0.25) is 11.7 Å². The predicted molar refractivity (Wildman–Crippen MR) is 134 cm³/mol. The van der Waals surface area contributed by atoms with E-state index in [0.29, 0.717) is 42.4 Å². The second kappa shape index (κ2) is 9.60. The number of para-hydroxylation sites is 2. The van der Waals surface area contributed by atoms with Gasteiger partial charge in [0.15, 0.2) is 5.16 Å². The van der Waals surface area contributed by atoms with Crippen molar-refractivity contribution in [1.29, 1.82) is 0 Å². The maximum absolute atomic E-state index is 13.5. The Kier molecular flexibility index (Phi) is 6.38. The lowest BCUT2D eigenvalue weighted by Crippen LogP contribution is -2.40. The number of nitrogens with zero attached hydrogens (tertiary/aromatic N) is 5. The summed E-state index contributed by atoms with van der Waals surface area (Å²) in [5.41, 5.74) is 2.84. The molecule has 1 aliphatic heterocycles. The first-order valence-corrected chi connectivity index (χ1v) is 12.4. The topological polar surface area (TPSA) is 81.7 Å². The molecule has 0 saturated carbocycles. The number of hydrogen-bond donors (Lipinski definition) is 0. The molecule has 176 valence electrons. The van der Waals surface area contributed by atoms with Gasteiger partial charge < -0.3 is 9.64 Å². The number of amides is 1. The Bertz CT molecular complexity index is 1410. The van der Waals surface area contributed by atoms with Gasteiger partial charge in [0, 0.05) is 32.5 Å². The minimum Gasteiger partial charge on any atom is -0.385 e. The Morgan fingerprint density at radius 3 is 2.79 bits per heavy atom. The standard InChI is InChI=1S/C25H27N5O3S/c1-17(22(31)28-14-7-10-18-9-3-5-12-20(18)28)34-25-27-26-24-29(15-8-16-33-2)23(32)19-11-4-6-13-21(19)30(24)25/h3-6,9,11-13,17H,7-8,10,14-16H2,1-2H3. The van der Waals surface area contributed by atoms with Crippen LogP contribution in [-0.2, 0) is 22.5 Å². The first-order chi connectivity index (χ1) is 16.6. The monoisotopic (exact) mass is 477 g/mol. The van der Waals surface area contributed by atoms with E-state index in [-0.39, 0.29) is 16.7 Å². The molecular formula is C25H27N5O3S. The number of thioether (sulfide) groups is 1. The third-order valence-corrected chi connectivity index (χ3v) is 7.24. The molecule has 0 spiro atoms. The summed E-state index contributed by atoms with van der Waals surface area (Å²) in [6.45, 7) is 3.64. The van der Waals surface area contributed by atoms with E-state index in [1.54, 1.807) is 11.7 Å². The van der Waals surface area contributed by atoms with Crippen LogP contribution in [0.3, 0.4) is 0 Å². The van der Waals surface area contributed by atoms with Gasteiger partial charge in [0.1, 0.15) is 0 Å². The normalized spacial score (nSPS) is 14.5. The summed E-state index contributed by atoms with van der Waals surface area (Å²) >= 11 is 1.37. The Morgan fingerprint density at radius 2 is 1.94 bits per heavy atom. The van der Waals surface area contributed by atoms with Gasteiger partial charge in [-0.3, -0.25) is 18.6 Å². The van der Waals surface area contributed by atoms with Gasteiger partial charge in [-0.1, -0.05) is 42.1 Å². The van der Waals surface area contributed by atoms with Crippen molar-refractivity contribution < 1.29 is 9.53 Å².